The molecule has 2 fully saturated rings. The van der Waals surface area contributed by atoms with Crippen LogP contribution in [0.15, 0.2) is 28.8 Å². The number of morpholine rings is 1. The van der Waals surface area contributed by atoms with Gasteiger partial charge in [0, 0.05) is 30.1 Å². The standard InChI is InChI=1S/C19H19F3N4O4/c20-19(21,22)18-24-15(25-30-18)11-1-3-12(4-2-11)16(27)23-9-14-10-29-8-7-26(14)17(28)13-5-6-13/h1-4,13-14H,5-10H2,(H,23,27)/t14-/m1/s1. The lowest BCUT2D eigenvalue weighted by atomic mass is 10.1. The quantitative estimate of drug-likeness (QED) is 0.790. The zero-order chi connectivity index (χ0) is 21.3. The highest BCUT2D eigenvalue weighted by Crippen LogP contribution is 2.32. The first-order valence-corrected chi connectivity index (χ1v) is 9.50. The van der Waals surface area contributed by atoms with Crippen LogP contribution in [0.1, 0.15) is 29.1 Å². The highest BCUT2D eigenvalue weighted by Gasteiger charge is 2.39. The van der Waals surface area contributed by atoms with Gasteiger partial charge < -0.3 is 19.5 Å². The summed E-state index contributed by atoms with van der Waals surface area (Å²) in [6.45, 7) is 1.60. The number of hydrogen-bond acceptors (Lipinski definition) is 6. The molecule has 0 bridgehead atoms. The number of aromatic nitrogens is 2. The van der Waals surface area contributed by atoms with Gasteiger partial charge in [-0.05, 0) is 25.0 Å². The van der Waals surface area contributed by atoms with Gasteiger partial charge in [-0.15, -0.1) is 0 Å². The molecule has 2 amide bonds. The third kappa shape index (κ3) is 4.45. The van der Waals surface area contributed by atoms with Crippen LogP contribution in [0.4, 0.5) is 13.2 Å². The number of amides is 2. The molecule has 2 aliphatic rings. The van der Waals surface area contributed by atoms with E-state index >= 15 is 0 Å². The summed E-state index contributed by atoms with van der Waals surface area (Å²) in [6, 6.07) is 5.56. The van der Waals surface area contributed by atoms with Gasteiger partial charge in [0.05, 0.1) is 19.3 Å². The molecule has 2 aromatic rings. The summed E-state index contributed by atoms with van der Waals surface area (Å²) in [6.07, 6.45) is -2.90. The third-order valence-electron chi connectivity index (χ3n) is 5.01. The van der Waals surface area contributed by atoms with E-state index in [-0.39, 0.29) is 41.7 Å². The summed E-state index contributed by atoms with van der Waals surface area (Å²) >= 11 is 0. The van der Waals surface area contributed by atoms with E-state index < -0.39 is 12.1 Å². The Morgan fingerprint density at radius 2 is 1.93 bits per heavy atom. The van der Waals surface area contributed by atoms with Crippen molar-refractivity contribution in [2.75, 3.05) is 26.3 Å². The lowest BCUT2D eigenvalue weighted by Gasteiger charge is -2.35. The second-order valence-electron chi connectivity index (χ2n) is 7.24. The molecule has 1 aromatic carbocycles. The number of benzene rings is 1. The Morgan fingerprint density at radius 1 is 1.20 bits per heavy atom. The highest BCUT2D eigenvalue weighted by atomic mass is 19.4. The summed E-state index contributed by atoms with van der Waals surface area (Å²) in [7, 11) is 0. The molecule has 1 aromatic heterocycles. The topological polar surface area (TPSA) is 97.6 Å². The first kappa shape index (κ1) is 20.3. The summed E-state index contributed by atoms with van der Waals surface area (Å²) in [4.78, 5) is 29.9. The first-order chi connectivity index (χ1) is 14.3. The normalized spacial score (nSPS) is 19.6. The van der Waals surface area contributed by atoms with Crippen molar-refractivity contribution in [3.8, 4) is 11.4 Å². The van der Waals surface area contributed by atoms with Crippen LogP contribution in [0.5, 0.6) is 0 Å². The Balaban J connectivity index is 1.36. The molecule has 2 heterocycles. The minimum atomic E-state index is -4.72. The molecule has 1 aliphatic carbocycles. The van der Waals surface area contributed by atoms with Crippen LogP contribution in [0.2, 0.25) is 0 Å². The molecule has 160 valence electrons. The number of carbonyl (C=O) groups is 2. The van der Waals surface area contributed by atoms with Gasteiger partial charge in [0.2, 0.25) is 11.7 Å². The minimum absolute atomic E-state index is 0.0943. The maximum Gasteiger partial charge on any atom is 0.471 e. The van der Waals surface area contributed by atoms with Crippen molar-refractivity contribution in [3.05, 3.63) is 35.7 Å². The van der Waals surface area contributed by atoms with Crippen LogP contribution < -0.4 is 5.32 Å². The molecule has 11 heteroatoms. The maximum absolute atomic E-state index is 12.6. The number of halogens is 3. The van der Waals surface area contributed by atoms with E-state index in [1.165, 1.54) is 24.3 Å². The van der Waals surface area contributed by atoms with Crippen LogP contribution in [0.3, 0.4) is 0 Å². The molecule has 1 saturated carbocycles. The SMILES string of the molecule is O=C(NC[C@@H]1COCCN1C(=O)C1CC1)c1ccc(-c2noc(C(F)(F)F)n2)cc1. The van der Waals surface area contributed by atoms with E-state index in [0.29, 0.717) is 25.3 Å². The molecule has 0 spiro atoms. The first-order valence-electron chi connectivity index (χ1n) is 9.50. The minimum Gasteiger partial charge on any atom is -0.377 e. The molecule has 30 heavy (non-hydrogen) atoms. The Labute approximate surface area is 169 Å². The Hall–Kier alpha value is -2.95. The van der Waals surface area contributed by atoms with Crippen molar-refractivity contribution in [1.29, 1.82) is 0 Å². The van der Waals surface area contributed by atoms with Crippen LogP contribution in [0, 0.1) is 5.92 Å². The average Bonchev–Trinajstić information content (AvgIpc) is 3.46. The van der Waals surface area contributed by atoms with Gasteiger partial charge in [-0.3, -0.25) is 9.59 Å². The maximum atomic E-state index is 12.6. The summed E-state index contributed by atoms with van der Waals surface area (Å²) in [5, 5.41) is 6.10. The lowest BCUT2D eigenvalue weighted by Crippen LogP contribution is -2.54. The summed E-state index contributed by atoms with van der Waals surface area (Å²) < 4.78 is 47.4. The molecule has 1 saturated heterocycles. The lowest BCUT2D eigenvalue weighted by molar-refractivity contribution is -0.159. The molecule has 1 N–H and O–H groups in total. The number of nitrogens with zero attached hydrogens (tertiary/aromatic N) is 3. The average molecular weight is 424 g/mol. The number of rotatable bonds is 5. The summed E-state index contributed by atoms with van der Waals surface area (Å²) in [5.41, 5.74) is 0.600. The largest absolute Gasteiger partial charge is 0.471 e. The second kappa shape index (κ2) is 8.05. The molecule has 0 radical (unpaired) electrons. The Kier molecular flexibility index (Phi) is 5.46. The molecule has 1 atom stereocenters. The van der Waals surface area contributed by atoms with Gasteiger partial charge in [-0.25, -0.2) is 0 Å². The predicted octanol–water partition coefficient (Wildman–Crippen LogP) is 2.12. The fourth-order valence-corrected chi connectivity index (χ4v) is 3.22. The van der Waals surface area contributed by atoms with Gasteiger partial charge in [0.15, 0.2) is 0 Å². The number of alkyl halides is 3. The van der Waals surface area contributed by atoms with Crippen molar-refractivity contribution in [2.45, 2.75) is 25.1 Å². The van der Waals surface area contributed by atoms with Crippen molar-refractivity contribution in [2.24, 2.45) is 5.92 Å². The molecule has 0 unspecified atom stereocenters. The fourth-order valence-electron chi connectivity index (χ4n) is 3.22. The molecule has 8 nitrogen and oxygen atoms in total. The predicted molar refractivity (Wildman–Crippen MR) is 96.1 cm³/mol. The van der Waals surface area contributed by atoms with Crippen molar-refractivity contribution < 1.29 is 32.0 Å². The van der Waals surface area contributed by atoms with Crippen molar-refractivity contribution in [3.63, 3.8) is 0 Å². The van der Waals surface area contributed by atoms with Gasteiger partial charge in [-0.1, -0.05) is 17.3 Å². The molecular formula is C19H19F3N4O4. The molecule has 1 aliphatic heterocycles. The van der Waals surface area contributed by atoms with Gasteiger partial charge >= 0.3 is 12.1 Å². The van der Waals surface area contributed by atoms with E-state index in [1.807, 2.05) is 0 Å². The number of hydrogen-bond donors (Lipinski definition) is 1. The van der Waals surface area contributed by atoms with Crippen molar-refractivity contribution in [1.82, 2.24) is 20.4 Å². The zero-order valence-corrected chi connectivity index (χ0v) is 15.8. The van der Waals surface area contributed by atoms with E-state index in [9.17, 15) is 22.8 Å². The van der Waals surface area contributed by atoms with Crippen LogP contribution in [-0.2, 0) is 15.7 Å². The Bertz CT molecular complexity index is 925. The van der Waals surface area contributed by atoms with Crippen molar-refractivity contribution >= 4 is 11.8 Å². The van der Waals surface area contributed by atoms with Gasteiger partial charge in [0.1, 0.15) is 0 Å². The number of nitrogens with one attached hydrogen (secondary N) is 1. The van der Waals surface area contributed by atoms with Crippen LogP contribution in [-0.4, -0.2) is 59.2 Å². The molecule has 4 rings (SSSR count). The van der Waals surface area contributed by atoms with E-state index in [1.54, 1.807) is 4.90 Å². The monoisotopic (exact) mass is 424 g/mol. The zero-order valence-electron chi connectivity index (χ0n) is 15.8. The second-order valence-corrected chi connectivity index (χ2v) is 7.24. The van der Waals surface area contributed by atoms with Gasteiger partial charge in [-0.2, -0.15) is 18.2 Å². The molecular weight excluding hydrogens is 405 g/mol. The highest BCUT2D eigenvalue weighted by molar-refractivity contribution is 5.94. The fraction of sp³-hybridized carbons (Fsp3) is 0.474. The van der Waals surface area contributed by atoms with E-state index in [2.05, 4.69) is 20.0 Å². The van der Waals surface area contributed by atoms with Gasteiger partial charge in [0.25, 0.3) is 5.91 Å². The Morgan fingerprint density at radius 3 is 2.57 bits per heavy atom. The number of carbonyl (C=O) groups excluding carboxylic acids is 2. The summed E-state index contributed by atoms with van der Waals surface area (Å²) in [5.74, 6) is -1.81. The van der Waals surface area contributed by atoms with E-state index in [4.69, 9.17) is 4.74 Å². The third-order valence-corrected chi connectivity index (χ3v) is 5.01. The van der Waals surface area contributed by atoms with Crippen LogP contribution in [0.25, 0.3) is 11.4 Å². The smallest absolute Gasteiger partial charge is 0.377 e. The van der Waals surface area contributed by atoms with E-state index in [0.717, 1.165) is 12.8 Å². The van der Waals surface area contributed by atoms with Crippen LogP contribution >= 0.6 is 0 Å². The number of ether oxygens (including phenoxy) is 1.